The molecule has 1 aromatic heterocycles. The Morgan fingerprint density at radius 1 is 1.00 bits per heavy atom. The van der Waals surface area contributed by atoms with Crippen LogP contribution in [-0.2, 0) is 9.59 Å². The Hall–Kier alpha value is -2.40. The molecule has 0 atom stereocenters. The summed E-state index contributed by atoms with van der Waals surface area (Å²) in [7, 11) is 0. The zero-order valence-corrected chi connectivity index (χ0v) is 12.7. The molecule has 1 amide bonds. The van der Waals surface area contributed by atoms with Gasteiger partial charge >= 0.3 is 5.97 Å². The Labute approximate surface area is 131 Å². The zero-order valence-electron chi connectivity index (χ0n) is 11.8. The van der Waals surface area contributed by atoms with Gasteiger partial charge in [-0.15, -0.1) is 11.3 Å². The Balaban J connectivity index is 1.78. The third kappa shape index (κ3) is 3.09. The second-order valence-electron chi connectivity index (χ2n) is 5.10. The van der Waals surface area contributed by atoms with Gasteiger partial charge in [0.2, 0.25) is 5.91 Å². The summed E-state index contributed by atoms with van der Waals surface area (Å²) in [6.07, 6.45) is 0.584. The van der Waals surface area contributed by atoms with E-state index >= 15 is 0 Å². The average molecular weight is 313 g/mol. The zero-order chi connectivity index (χ0) is 15.5. The van der Waals surface area contributed by atoms with E-state index in [0.717, 1.165) is 11.1 Å². The SMILES string of the molecule is O=C(O)CCCC(=O)Nc1ccc2sc3ccccc3c2c1. The van der Waals surface area contributed by atoms with Gasteiger partial charge in [0.1, 0.15) is 0 Å². The number of hydrogen-bond acceptors (Lipinski definition) is 3. The minimum Gasteiger partial charge on any atom is -0.481 e. The molecule has 2 aromatic carbocycles. The quantitative estimate of drug-likeness (QED) is 0.740. The molecule has 4 nitrogen and oxygen atoms in total. The van der Waals surface area contributed by atoms with Crippen molar-refractivity contribution in [3.05, 3.63) is 42.5 Å². The van der Waals surface area contributed by atoms with Crippen molar-refractivity contribution in [1.82, 2.24) is 0 Å². The molecule has 0 saturated heterocycles. The summed E-state index contributed by atoms with van der Waals surface area (Å²) in [4.78, 5) is 22.3. The summed E-state index contributed by atoms with van der Waals surface area (Å²) in [5.41, 5.74) is 0.747. The van der Waals surface area contributed by atoms with E-state index in [9.17, 15) is 9.59 Å². The molecule has 0 fully saturated rings. The van der Waals surface area contributed by atoms with Gasteiger partial charge in [-0.05, 0) is 30.7 Å². The minimum absolute atomic E-state index is 0.0155. The fraction of sp³-hybridized carbons (Fsp3) is 0.176. The first kappa shape index (κ1) is 14.5. The lowest BCUT2D eigenvalue weighted by molar-refractivity contribution is -0.137. The smallest absolute Gasteiger partial charge is 0.303 e. The van der Waals surface area contributed by atoms with Crippen molar-refractivity contribution in [3.63, 3.8) is 0 Å². The first-order chi connectivity index (χ1) is 10.6. The van der Waals surface area contributed by atoms with Gasteiger partial charge in [-0.3, -0.25) is 9.59 Å². The van der Waals surface area contributed by atoms with E-state index in [1.165, 1.54) is 14.8 Å². The van der Waals surface area contributed by atoms with Crippen LogP contribution in [0, 0.1) is 0 Å². The van der Waals surface area contributed by atoms with Gasteiger partial charge in [0.25, 0.3) is 0 Å². The fourth-order valence-electron chi connectivity index (χ4n) is 2.43. The highest BCUT2D eigenvalue weighted by molar-refractivity contribution is 7.25. The summed E-state index contributed by atoms with van der Waals surface area (Å²) >= 11 is 1.73. The Bertz CT molecular complexity index is 853. The van der Waals surface area contributed by atoms with Gasteiger partial charge in [-0.25, -0.2) is 0 Å². The van der Waals surface area contributed by atoms with Crippen molar-refractivity contribution >= 4 is 49.1 Å². The molecule has 0 radical (unpaired) electrons. The highest BCUT2D eigenvalue weighted by Gasteiger charge is 2.08. The number of hydrogen-bond donors (Lipinski definition) is 2. The monoisotopic (exact) mass is 313 g/mol. The molecule has 0 aliphatic rings. The van der Waals surface area contributed by atoms with E-state index in [-0.39, 0.29) is 18.7 Å². The number of aliphatic carboxylic acids is 1. The van der Waals surface area contributed by atoms with Crippen LogP contribution in [-0.4, -0.2) is 17.0 Å². The molecule has 3 aromatic rings. The van der Waals surface area contributed by atoms with Crippen LogP contribution in [0.1, 0.15) is 19.3 Å². The van der Waals surface area contributed by atoms with Crippen LogP contribution in [0.5, 0.6) is 0 Å². The van der Waals surface area contributed by atoms with Crippen molar-refractivity contribution < 1.29 is 14.7 Å². The van der Waals surface area contributed by atoms with E-state index in [4.69, 9.17) is 5.11 Å². The standard InChI is InChI=1S/C17H15NO3S/c19-16(6-3-7-17(20)21)18-11-8-9-15-13(10-11)12-4-1-2-5-14(12)22-15/h1-2,4-5,8-10H,3,6-7H2,(H,18,19)(H,20,21). The molecule has 112 valence electrons. The lowest BCUT2D eigenvalue weighted by Crippen LogP contribution is -2.11. The molecule has 0 unspecified atom stereocenters. The molecule has 0 spiro atoms. The topological polar surface area (TPSA) is 66.4 Å². The van der Waals surface area contributed by atoms with Crippen molar-refractivity contribution in [2.45, 2.75) is 19.3 Å². The van der Waals surface area contributed by atoms with E-state index in [2.05, 4.69) is 17.4 Å². The van der Waals surface area contributed by atoms with E-state index in [1.54, 1.807) is 11.3 Å². The summed E-state index contributed by atoms with van der Waals surface area (Å²) in [6.45, 7) is 0. The van der Waals surface area contributed by atoms with Gasteiger partial charge in [-0.1, -0.05) is 18.2 Å². The lowest BCUT2D eigenvalue weighted by Gasteiger charge is -2.05. The molecule has 2 N–H and O–H groups in total. The van der Waals surface area contributed by atoms with Gasteiger partial charge in [0.15, 0.2) is 0 Å². The summed E-state index contributed by atoms with van der Waals surface area (Å²) < 4.78 is 2.41. The van der Waals surface area contributed by atoms with Gasteiger partial charge in [0.05, 0.1) is 0 Å². The Morgan fingerprint density at radius 2 is 1.77 bits per heavy atom. The number of amides is 1. The maximum atomic E-state index is 11.8. The number of carboxylic acid groups (broad SMARTS) is 1. The van der Waals surface area contributed by atoms with Crippen molar-refractivity contribution in [1.29, 1.82) is 0 Å². The third-order valence-electron chi connectivity index (χ3n) is 3.45. The van der Waals surface area contributed by atoms with Gasteiger partial charge in [0, 0.05) is 38.7 Å². The predicted molar refractivity (Wildman–Crippen MR) is 89.4 cm³/mol. The van der Waals surface area contributed by atoms with Gasteiger partial charge in [-0.2, -0.15) is 0 Å². The average Bonchev–Trinajstić information content (AvgIpc) is 2.85. The molecule has 22 heavy (non-hydrogen) atoms. The van der Waals surface area contributed by atoms with Crippen molar-refractivity contribution in [2.24, 2.45) is 0 Å². The number of carbonyl (C=O) groups is 2. The first-order valence-electron chi connectivity index (χ1n) is 7.06. The third-order valence-corrected chi connectivity index (χ3v) is 4.61. The fourth-order valence-corrected chi connectivity index (χ4v) is 3.51. The van der Waals surface area contributed by atoms with Crippen LogP contribution in [0.2, 0.25) is 0 Å². The first-order valence-corrected chi connectivity index (χ1v) is 7.88. The molecule has 0 aliphatic carbocycles. The molecule has 0 saturated carbocycles. The number of fused-ring (bicyclic) bond motifs is 3. The number of carbonyl (C=O) groups excluding carboxylic acids is 1. The number of rotatable bonds is 5. The van der Waals surface area contributed by atoms with Crippen molar-refractivity contribution in [3.8, 4) is 0 Å². The molecule has 0 bridgehead atoms. The van der Waals surface area contributed by atoms with E-state index in [1.807, 2.05) is 30.3 Å². The van der Waals surface area contributed by atoms with E-state index in [0.29, 0.717) is 6.42 Å². The largest absolute Gasteiger partial charge is 0.481 e. The van der Waals surface area contributed by atoms with Crippen LogP contribution in [0.25, 0.3) is 20.2 Å². The number of carboxylic acids is 1. The van der Waals surface area contributed by atoms with Crippen LogP contribution in [0.3, 0.4) is 0 Å². The molecule has 0 aliphatic heterocycles. The Kier molecular flexibility index (Phi) is 4.06. The summed E-state index contributed by atoms with van der Waals surface area (Å²) in [5.74, 6) is -1.03. The van der Waals surface area contributed by atoms with Crippen LogP contribution < -0.4 is 5.32 Å². The van der Waals surface area contributed by atoms with Crippen LogP contribution in [0.15, 0.2) is 42.5 Å². The minimum atomic E-state index is -0.876. The number of thiophene rings is 1. The van der Waals surface area contributed by atoms with E-state index < -0.39 is 5.97 Å². The lowest BCUT2D eigenvalue weighted by atomic mass is 10.1. The molecule has 5 heteroatoms. The summed E-state index contributed by atoms with van der Waals surface area (Å²) in [5, 5.41) is 13.7. The number of nitrogens with one attached hydrogen (secondary N) is 1. The number of anilines is 1. The van der Waals surface area contributed by atoms with Crippen LogP contribution >= 0.6 is 11.3 Å². The highest BCUT2D eigenvalue weighted by Crippen LogP contribution is 2.35. The van der Waals surface area contributed by atoms with Crippen molar-refractivity contribution in [2.75, 3.05) is 5.32 Å². The normalized spacial score (nSPS) is 10.9. The highest BCUT2D eigenvalue weighted by atomic mass is 32.1. The van der Waals surface area contributed by atoms with Gasteiger partial charge < -0.3 is 10.4 Å². The second kappa shape index (κ2) is 6.15. The summed E-state index contributed by atoms with van der Waals surface area (Å²) in [6, 6.07) is 14.0. The molecular formula is C17H15NO3S. The molecular weight excluding hydrogens is 298 g/mol. The second-order valence-corrected chi connectivity index (χ2v) is 6.19. The Morgan fingerprint density at radius 3 is 2.59 bits per heavy atom. The number of benzene rings is 2. The maximum absolute atomic E-state index is 11.8. The molecule has 1 heterocycles. The molecule has 3 rings (SSSR count). The predicted octanol–water partition coefficient (Wildman–Crippen LogP) is 4.25. The maximum Gasteiger partial charge on any atom is 0.303 e. The van der Waals surface area contributed by atoms with Crippen LogP contribution in [0.4, 0.5) is 5.69 Å².